The normalized spacial score (nSPS) is 24.3. The van der Waals surface area contributed by atoms with E-state index < -0.39 is 53.9 Å². The van der Waals surface area contributed by atoms with Crippen LogP contribution < -0.4 is 5.32 Å². The van der Waals surface area contributed by atoms with Crippen LogP contribution in [0.1, 0.15) is 49.5 Å². The number of aliphatic carboxylic acids is 1. The standard InChI is InChI=1S/C29H36F3N7O4S/c1-6-43-26(40)21-18(35-24(25-33-10-12-44-25)36-22(21)17-7-8-20(30)34-16(17)2)13-38-15-29(31,32)23-19(38)14-37(5)39(23)11-9-28(3,4)27(41)42/h7-8,10,12,19,22-23H,6,9,11,13-15H2,1-5H3,(H,35,36)(H,41,42)/t19-,22-,23+/m1/s1. The molecular weight excluding hydrogens is 599 g/mol. The molecule has 238 valence electrons. The number of aromatic nitrogens is 2. The van der Waals surface area contributed by atoms with E-state index in [1.165, 1.54) is 23.5 Å². The number of ether oxygens (including phenoxy) is 1. The summed E-state index contributed by atoms with van der Waals surface area (Å²) in [5.41, 5.74) is 0.181. The van der Waals surface area contributed by atoms with Gasteiger partial charge in [0.2, 0.25) is 5.95 Å². The third kappa shape index (κ3) is 6.10. The Balaban J connectivity index is 1.52. The third-order valence-electron chi connectivity index (χ3n) is 8.44. The van der Waals surface area contributed by atoms with Crippen LogP contribution in [-0.4, -0.2) is 106 Å². The molecule has 3 atom stereocenters. The summed E-state index contributed by atoms with van der Waals surface area (Å²) >= 11 is 1.32. The van der Waals surface area contributed by atoms with Crippen molar-refractivity contribution in [2.45, 2.75) is 58.2 Å². The van der Waals surface area contributed by atoms with E-state index in [0.29, 0.717) is 27.8 Å². The van der Waals surface area contributed by atoms with Crippen LogP contribution in [0.2, 0.25) is 0 Å². The third-order valence-corrected chi connectivity index (χ3v) is 9.22. The van der Waals surface area contributed by atoms with E-state index in [9.17, 15) is 19.1 Å². The number of likely N-dealkylation sites (tertiary alicyclic amines) is 1. The van der Waals surface area contributed by atoms with Gasteiger partial charge in [-0.1, -0.05) is 6.07 Å². The zero-order valence-electron chi connectivity index (χ0n) is 25.2. The van der Waals surface area contributed by atoms with E-state index in [1.807, 2.05) is 0 Å². The number of carboxylic acid groups (broad SMARTS) is 1. The first kappa shape index (κ1) is 32.0. The first-order chi connectivity index (χ1) is 20.7. The number of amidine groups is 1. The van der Waals surface area contributed by atoms with Gasteiger partial charge < -0.3 is 15.2 Å². The highest BCUT2D eigenvalue weighted by atomic mass is 32.1. The Morgan fingerprint density at radius 3 is 2.68 bits per heavy atom. The van der Waals surface area contributed by atoms with Gasteiger partial charge in [-0.15, -0.1) is 11.3 Å². The number of hydrogen-bond acceptors (Lipinski definition) is 11. The minimum absolute atomic E-state index is 0.0538. The highest BCUT2D eigenvalue weighted by Gasteiger charge is 2.61. The predicted molar refractivity (Wildman–Crippen MR) is 157 cm³/mol. The summed E-state index contributed by atoms with van der Waals surface area (Å²) in [7, 11) is 1.72. The Labute approximate surface area is 257 Å². The number of alkyl halides is 2. The second-order valence-corrected chi connectivity index (χ2v) is 12.8. The van der Waals surface area contributed by atoms with Crippen molar-refractivity contribution < 1.29 is 32.6 Å². The molecule has 5 rings (SSSR count). The number of fused-ring (bicyclic) bond motifs is 1. The lowest BCUT2D eigenvalue weighted by molar-refractivity contribution is -0.149. The molecule has 2 N–H and O–H groups in total. The summed E-state index contributed by atoms with van der Waals surface area (Å²) in [6.45, 7) is 6.32. The summed E-state index contributed by atoms with van der Waals surface area (Å²) in [5, 5.41) is 18.3. The van der Waals surface area contributed by atoms with Crippen molar-refractivity contribution in [1.29, 1.82) is 0 Å². The predicted octanol–water partition coefficient (Wildman–Crippen LogP) is 3.25. The van der Waals surface area contributed by atoms with E-state index in [2.05, 4.69) is 15.3 Å². The lowest BCUT2D eigenvalue weighted by Crippen LogP contribution is -2.49. The fourth-order valence-corrected chi connectivity index (χ4v) is 6.63. The van der Waals surface area contributed by atoms with Crippen LogP contribution in [0.25, 0.3) is 0 Å². The van der Waals surface area contributed by atoms with E-state index in [4.69, 9.17) is 9.73 Å². The van der Waals surface area contributed by atoms with Crippen molar-refractivity contribution in [3.63, 3.8) is 0 Å². The molecule has 0 aliphatic carbocycles. The zero-order chi connectivity index (χ0) is 32.0. The van der Waals surface area contributed by atoms with Gasteiger partial charge in [-0.2, -0.15) is 4.39 Å². The van der Waals surface area contributed by atoms with Gasteiger partial charge in [-0.25, -0.2) is 33.6 Å². The number of carbonyl (C=O) groups is 2. The molecule has 2 aromatic rings. The van der Waals surface area contributed by atoms with Crippen molar-refractivity contribution in [3.8, 4) is 0 Å². The van der Waals surface area contributed by atoms with Crippen LogP contribution in [0.3, 0.4) is 0 Å². The largest absolute Gasteiger partial charge is 0.481 e. The summed E-state index contributed by atoms with van der Waals surface area (Å²) in [6.07, 6.45) is 1.79. The number of likely N-dealkylation sites (N-methyl/N-ethyl adjacent to an activating group) is 1. The van der Waals surface area contributed by atoms with Gasteiger partial charge in [0.25, 0.3) is 5.92 Å². The number of esters is 1. The van der Waals surface area contributed by atoms with E-state index in [1.54, 1.807) is 61.2 Å². The van der Waals surface area contributed by atoms with Crippen molar-refractivity contribution in [1.82, 2.24) is 30.2 Å². The number of thiazole rings is 1. The molecule has 0 bridgehead atoms. The average Bonchev–Trinajstić information content (AvgIpc) is 3.64. The van der Waals surface area contributed by atoms with Crippen LogP contribution >= 0.6 is 11.3 Å². The van der Waals surface area contributed by atoms with Crippen LogP contribution in [0.5, 0.6) is 0 Å². The first-order valence-electron chi connectivity index (χ1n) is 14.3. The van der Waals surface area contributed by atoms with Gasteiger partial charge >= 0.3 is 11.9 Å². The van der Waals surface area contributed by atoms with E-state index in [0.717, 1.165) is 0 Å². The molecule has 2 aromatic heterocycles. The molecule has 11 nitrogen and oxygen atoms in total. The molecule has 0 saturated carbocycles. The number of pyridine rings is 1. The molecule has 0 unspecified atom stereocenters. The minimum Gasteiger partial charge on any atom is -0.481 e. The Morgan fingerprint density at radius 1 is 1.30 bits per heavy atom. The molecule has 15 heteroatoms. The molecule has 5 heterocycles. The maximum Gasteiger partial charge on any atom is 0.338 e. The van der Waals surface area contributed by atoms with Gasteiger partial charge in [-0.05, 0) is 40.2 Å². The van der Waals surface area contributed by atoms with Gasteiger partial charge in [0, 0.05) is 61.3 Å². The number of nitrogens with zero attached hydrogens (tertiary/aromatic N) is 6. The van der Waals surface area contributed by atoms with Gasteiger partial charge in [-0.3, -0.25) is 14.7 Å². The molecule has 3 aliphatic rings. The second-order valence-electron chi connectivity index (χ2n) is 11.9. The summed E-state index contributed by atoms with van der Waals surface area (Å²) in [4.78, 5) is 39.9. The van der Waals surface area contributed by atoms with Gasteiger partial charge in [0.1, 0.15) is 12.1 Å². The fraction of sp³-hybridized carbons (Fsp3) is 0.552. The number of hydrogen-bond donors (Lipinski definition) is 2. The van der Waals surface area contributed by atoms with Crippen LogP contribution in [0.15, 0.2) is 40.0 Å². The molecule has 2 saturated heterocycles. The lowest BCUT2D eigenvalue weighted by atomic mass is 9.89. The molecule has 0 radical (unpaired) electrons. The minimum atomic E-state index is -3.12. The number of carboxylic acids is 1. The molecule has 0 amide bonds. The second kappa shape index (κ2) is 12.2. The molecule has 0 spiro atoms. The summed E-state index contributed by atoms with van der Waals surface area (Å²) in [5.74, 6) is -5.12. The fourth-order valence-electron chi connectivity index (χ4n) is 6.04. The Bertz CT molecular complexity index is 1480. The van der Waals surface area contributed by atoms with Crippen LogP contribution in [0, 0.1) is 18.3 Å². The maximum atomic E-state index is 15.8. The zero-order valence-corrected chi connectivity index (χ0v) is 26.0. The first-order valence-corrected chi connectivity index (χ1v) is 15.2. The average molecular weight is 636 g/mol. The smallest absolute Gasteiger partial charge is 0.338 e. The van der Waals surface area contributed by atoms with Crippen LogP contribution in [-0.2, 0) is 14.3 Å². The SMILES string of the molecule is CCOC(=O)C1=C(CN2CC(F)(F)[C@@H]3[C@H]2CN(C)N3CCC(C)(C)C(=O)O)NC(c2nccs2)=N[C@@H]1c1ccc(F)nc1C. The molecular formula is C29H36F3N7O4S. The molecule has 2 fully saturated rings. The van der Waals surface area contributed by atoms with Crippen molar-refractivity contribution in [2.75, 3.05) is 39.8 Å². The number of halogens is 3. The summed E-state index contributed by atoms with van der Waals surface area (Å²) < 4.78 is 51.0. The Hall–Kier alpha value is -3.40. The Kier molecular flexibility index (Phi) is 8.86. The quantitative estimate of drug-likeness (QED) is 0.297. The van der Waals surface area contributed by atoms with Gasteiger partial charge in [0.05, 0.1) is 24.1 Å². The van der Waals surface area contributed by atoms with Crippen LogP contribution in [0.4, 0.5) is 13.2 Å². The number of nitrogens with one attached hydrogen (secondary N) is 1. The number of aryl methyl sites for hydroxylation is 1. The number of carbonyl (C=O) groups excluding carboxylic acids is 1. The van der Waals surface area contributed by atoms with Gasteiger partial charge in [0.15, 0.2) is 10.8 Å². The van der Waals surface area contributed by atoms with E-state index in [-0.39, 0.29) is 38.2 Å². The number of aliphatic imine (C=N–C) groups is 1. The molecule has 3 aliphatic heterocycles. The monoisotopic (exact) mass is 635 g/mol. The van der Waals surface area contributed by atoms with E-state index >= 15 is 8.78 Å². The topological polar surface area (TPSA) is 123 Å². The number of rotatable bonds is 10. The molecule has 44 heavy (non-hydrogen) atoms. The lowest BCUT2D eigenvalue weighted by Gasteiger charge is -2.33. The Morgan fingerprint density at radius 2 is 2.05 bits per heavy atom. The van der Waals surface area contributed by atoms with Crippen molar-refractivity contribution in [2.24, 2.45) is 10.4 Å². The van der Waals surface area contributed by atoms with Crippen molar-refractivity contribution >= 4 is 29.1 Å². The van der Waals surface area contributed by atoms with Crippen molar-refractivity contribution in [3.05, 3.63) is 57.2 Å². The summed E-state index contributed by atoms with van der Waals surface area (Å²) in [6, 6.07) is -0.0480. The molecule has 0 aromatic carbocycles. The highest BCUT2D eigenvalue weighted by Crippen LogP contribution is 2.43. The maximum absolute atomic E-state index is 15.8. The highest BCUT2D eigenvalue weighted by molar-refractivity contribution is 7.11. The number of hydrazine groups is 1.